The molecule has 0 heterocycles. The number of nitro groups is 1. The second-order valence-corrected chi connectivity index (χ2v) is 7.36. The number of halogens is 1. The average Bonchev–Trinajstić information content (AvgIpc) is 2.37. The first-order chi connectivity index (χ1) is 9.09. The number of benzene rings is 1. The summed E-state index contributed by atoms with van der Waals surface area (Å²) >= 11 is 5.83. The Kier molecular flexibility index (Phi) is 5.12. The number of hydrogen-bond donors (Lipinski definition) is 1. The predicted molar refractivity (Wildman–Crippen MR) is 77.4 cm³/mol. The van der Waals surface area contributed by atoms with Crippen LogP contribution in [0.1, 0.15) is 27.2 Å². The lowest BCUT2D eigenvalue weighted by Crippen LogP contribution is -2.33. The fraction of sp³-hybridized carbons (Fsp3) is 0.500. The van der Waals surface area contributed by atoms with Crippen LogP contribution in [-0.4, -0.2) is 19.9 Å². The van der Waals surface area contributed by atoms with Crippen LogP contribution in [0.2, 0.25) is 5.02 Å². The van der Waals surface area contributed by atoms with Crippen molar-refractivity contribution in [2.75, 3.05) is 6.54 Å². The van der Waals surface area contributed by atoms with Crippen molar-refractivity contribution in [1.29, 1.82) is 0 Å². The molecular weight excluding hydrogens is 304 g/mol. The summed E-state index contributed by atoms with van der Waals surface area (Å²) in [5.41, 5.74) is -0.523. The van der Waals surface area contributed by atoms with Crippen molar-refractivity contribution in [3.63, 3.8) is 0 Å². The van der Waals surface area contributed by atoms with Gasteiger partial charge in [0.25, 0.3) is 5.69 Å². The Morgan fingerprint density at radius 3 is 2.50 bits per heavy atom. The lowest BCUT2D eigenvalue weighted by atomic mass is 9.91. The molecule has 0 bridgehead atoms. The van der Waals surface area contributed by atoms with Crippen LogP contribution in [0.5, 0.6) is 0 Å². The van der Waals surface area contributed by atoms with Gasteiger partial charge in [-0.3, -0.25) is 10.1 Å². The van der Waals surface area contributed by atoms with Gasteiger partial charge in [-0.15, -0.1) is 0 Å². The third-order valence-electron chi connectivity index (χ3n) is 3.11. The normalized spacial score (nSPS) is 12.4. The monoisotopic (exact) mass is 320 g/mol. The zero-order valence-electron chi connectivity index (χ0n) is 11.5. The highest BCUT2D eigenvalue weighted by molar-refractivity contribution is 7.89. The molecule has 20 heavy (non-hydrogen) atoms. The molecule has 1 N–H and O–H groups in total. The Morgan fingerprint density at radius 1 is 1.40 bits per heavy atom. The Morgan fingerprint density at radius 2 is 2.00 bits per heavy atom. The highest BCUT2D eigenvalue weighted by atomic mass is 35.5. The molecule has 0 radical (unpaired) electrons. The Balaban J connectivity index is 3.09. The van der Waals surface area contributed by atoms with Gasteiger partial charge in [-0.1, -0.05) is 32.4 Å². The van der Waals surface area contributed by atoms with E-state index in [1.165, 1.54) is 6.07 Å². The van der Waals surface area contributed by atoms with Crippen LogP contribution >= 0.6 is 11.6 Å². The SMILES string of the molecule is CCC(C)(C)CNS(=O)(=O)c1cc([N+](=O)[O-])ccc1Cl. The summed E-state index contributed by atoms with van der Waals surface area (Å²) in [5.74, 6) is 0. The molecule has 0 amide bonds. The van der Waals surface area contributed by atoms with Gasteiger partial charge in [0, 0.05) is 18.7 Å². The Hall–Kier alpha value is -1.18. The van der Waals surface area contributed by atoms with Gasteiger partial charge in [0.05, 0.1) is 9.95 Å². The molecule has 0 aliphatic rings. The van der Waals surface area contributed by atoms with Crippen LogP contribution in [0, 0.1) is 15.5 Å². The second kappa shape index (κ2) is 6.07. The fourth-order valence-corrected chi connectivity index (χ4v) is 3.06. The Bertz CT molecular complexity index is 614. The van der Waals surface area contributed by atoms with E-state index < -0.39 is 14.9 Å². The summed E-state index contributed by atoms with van der Waals surface area (Å²) in [5, 5.41) is 10.7. The molecule has 0 aromatic heterocycles. The molecule has 0 saturated carbocycles. The number of non-ortho nitro benzene ring substituents is 1. The average molecular weight is 321 g/mol. The minimum absolute atomic E-state index is 0.0441. The van der Waals surface area contributed by atoms with E-state index in [0.29, 0.717) is 0 Å². The third kappa shape index (κ3) is 4.16. The quantitative estimate of drug-likeness (QED) is 0.644. The molecule has 1 aromatic rings. The third-order valence-corrected chi connectivity index (χ3v) is 5.00. The van der Waals surface area contributed by atoms with Crippen molar-refractivity contribution in [3.8, 4) is 0 Å². The smallest absolute Gasteiger partial charge is 0.258 e. The van der Waals surface area contributed by atoms with Gasteiger partial charge in [0.2, 0.25) is 10.0 Å². The summed E-state index contributed by atoms with van der Waals surface area (Å²) in [6.07, 6.45) is 0.790. The van der Waals surface area contributed by atoms with E-state index in [4.69, 9.17) is 11.6 Å². The molecule has 1 aromatic carbocycles. The van der Waals surface area contributed by atoms with Crippen LogP contribution in [0.3, 0.4) is 0 Å². The van der Waals surface area contributed by atoms with Crippen molar-refractivity contribution in [2.45, 2.75) is 32.1 Å². The lowest BCUT2D eigenvalue weighted by molar-refractivity contribution is -0.385. The van der Waals surface area contributed by atoms with Gasteiger partial charge < -0.3 is 0 Å². The molecular formula is C12H17ClN2O4S. The van der Waals surface area contributed by atoms with E-state index in [9.17, 15) is 18.5 Å². The maximum atomic E-state index is 12.2. The van der Waals surface area contributed by atoms with Gasteiger partial charge in [-0.05, 0) is 17.9 Å². The largest absolute Gasteiger partial charge is 0.270 e. The number of nitro benzene ring substituents is 1. The zero-order valence-corrected chi connectivity index (χ0v) is 13.1. The van der Waals surface area contributed by atoms with E-state index in [1.54, 1.807) is 0 Å². The van der Waals surface area contributed by atoms with E-state index in [2.05, 4.69) is 4.72 Å². The number of nitrogens with zero attached hydrogens (tertiary/aromatic N) is 1. The standard InChI is InChI=1S/C12H17ClN2O4S/c1-4-12(2,3)8-14-20(18,19)11-7-9(15(16)17)5-6-10(11)13/h5-7,14H,4,8H2,1-3H3. The summed E-state index contributed by atoms with van der Waals surface area (Å²) in [4.78, 5) is 9.76. The summed E-state index contributed by atoms with van der Waals surface area (Å²) < 4.78 is 26.8. The zero-order chi connectivity index (χ0) is 15.6. The minimum Gasteiger partial charge on any atom is -0.258 e. The second-order valence-electron chi connectivity index (χ2n) is 5.21. The molecule has 0 aliphatic heterocycles. The number of rotatable bonds is 6. The number of sulfonamides is 1. The molecule has 0 saturated heterocycles. The van der Waals surface area contributed by atoms with Crippen molar-refractivity contribution < 1.29 is 13.3 Å². The van der Waals surface area contributed by atoms with Gasteiger partial charge in [0.15, 0.2) is 0 Å². The van der Waals surface area contributed by atoms with Crippen molar-refractivity contribution in [3.05, 3.63) is 33.3 Å². The Labute approximate surface area is 123 Å². The highest BCUT2D eigenvalue weighted by Gasteiger charge is 2.24. The highest BCUT2D eigenvalue weighted by Crippen LogP contribution is 2.27. The molecule has 0 fully saturated rings. The maximum Gasteiger partial charge on any atom is 0.270 e. The summed E-state index contributed by atoms with van der Waals surface area (Å²) in [6, 6.07) is 3.33. The molecule has 0 spiro atoms. The van der Waals surface area contributed by atoms with Crippen molar-refractivity contribution in [1.82, 2.24) is 4.72 Å². The minimum atomic E-state index is -3.88. The predicted octanol–water partition coefficient (Wildman–Crippen LogP) is 2.96. The van der Waals surface area contributed by atoms with Gasteiger partial charge in [-0.2, -0.15) is 0 Å². The van der Waals surface area contributed by atoms with Gasteiger partial charge in [-0.25, -0.2) is 13.1 Å². The van der Waals surface area contributed by atoms with E-state index in [1.807, 2.05) is 20.8 Å². The van der Waals surface area contributed by atoms with Gasteiger partial charge in [0.1, 0.15) is 4.90 Å². The van der Waals surface area contributed by atoms with Crippen molar-refractivity contribution in [2.24, 2.45) is 5.41 Å². The van der Waals surface area contributed by atoms with E-state index in [-0.39, 0.29) is 27.6 Å². The topological polar surface area (TPSA) is 89.3 Å². The lowest BCUT2D eigenvalue weighted by Gasteiger charge is -2.22. The molecule has 1 rings (SSSR count). The van der Waals surface area contributed by atoms with Crippen LogP contribution in [-0.2, 0) is 10.0 Å². The van der Waals surface area contributed by atoms with Gasteiger partial charge >= 0.3 is 0 Å². The van der Waals surface area contributed by atoms with Crippen LogP contribution in [0.4, 0.5) is 5.69 Å². The summed E-state index contributed by atoms with van der Waals surface area (Å²) in [6.45, 7) is 6.02. The summed E-state index contributed by atoms with van der Waals surface area (Å²) in [7, 11) is -3.88. The van der Waals surface area contributed by atoms with Crippen LogP contribution in [0.25, 0.3) is 0 Å². The van der Waals surface area contributed by atoms with Crippen LogP contribution in [0.15, 0.2) is 23.1 Å². The molecule has 112 valence electrons. The molecule has 0 aliphatic carbocycles. The molecule has 0 atom stereocenters. The fourth-order valence-electron chi connectivity index (χ4n) is 1.30. The van der Waals surface area contributed by atoms with E-state index >= 15 is 0 Å². The van der Waals surface area contributed by atoms with E-state index in [0.717, 1.165) is 18.6 Å². The first-order valence-electron chi connectivity index (χ1n) is 6.03. The molecule has 6 nitrogen and oxygen atoms in total. The number of hydrogen-bond acceptors (Lipinski definition) is 4. The number of nitrogens with one attached hydrogen (secondary N) is 1. The van der Waals surface area contributed by atoms with Crippen molar-refractivity contribution >= 4 is 27.3 Å². The molecule has 0 unspecified atom stereocenters. The first-order valence-corrected chi connectivity index (χ1v) is 7.89. The van der Waals surface area contributed by atoms with Crippen LogP contribution < -0.4 is 4.72 Å². The molecule has 8 heteroatoms. The maximum absolute atomic E-state index is 12.2. The first kappa shape index (κ1) is 16.9.